The van der Waals surface area contributed by atoms with Crippen LogP contribution in [0.15, 0.2) is 40.6 Å². The van der Waals surface area contributed by atoms with Crippen molar-refractivity contribution < 1.29 is 13.2 Å². The minimum atomic E-state index is -4.38. The standard InChI is InChI=1S/C11H8ClF3N2S/c1-17-5-4-16-10(17)18-9-3-2-7(6-8(9)12)11(13,14)15/h2-6H,1H3. The number of halogens is 4. The van der Waals surface area contributed by atoms with Crippen molar-refractivity contribution in [2.45, 2.75) is 16.2 Å². The maximum absolute atomic E-state index is 12.5. The molecule has 0 aliphatic rings. The summed E-state index contributed by atoms with van der Waals surface area (Å²) >= 11 is 7.07. The predicted molar refractivity (Wildman–Crippen MR) is 63.8 cm³/mol. The van der Waals surface area contributed by atoms with E-state index in [1.807, 2.05) is 0 Å². The lowest BCUT2D eigenvalue weighted by atomic mass is 10.2. The van der Waals surface area contributed by atoms with Gasteiger partial charge in [0.25, 0.3) is 0 Å². The van der Waals surface area contributed by atoms with Gasteiger partial charge in [-0.1, -0.05) is 23.4 Å². The van der Waals surface area contributed by atoms with Gasteiger partial charge in [0, 0.05) is 24.3 Å². The molecule has 1 heterocycles. The molecule has 7 heteroatoms. The number of rotatable bonds is 2. The number of benzene rings is 1. The van der Waals surface area contributed by atoms with Gasteiger partial charge in [0.2, 0.25) is 0 Å². The Morgan fingerprint density at radius 1 is 1.33 bits per heavy atom. The zero-order valence-corrected chi connectivity index (χ0v) is 10.8. The Labute approximate surface area is 111 Å². The Balaban J connectivity index is 2.29. The third kappa shape index (κ3) is 2.81. The molecule has 0 fully saturated rings. The number of aromatic nitrogens is 2. The van der Waals surface area contributed by atoms with Crippen molar-refractivity contribution in [3.05, 3.63) is 41.2 Å². The Kier molecular flexibility index (Phi) is 3.59. The average Bonchev–Trinajstić information content (AvgIpc) is 2.66. The van der Waals surface area contributed by atoms with E-state index < -0.39 is 11.7 Å². The van der Waals surface area contributed by atoms with Gasteiger partial charge in [-0.25, -0.2) is 4.98 Å². The number of alkyl halides is 3. The fourth-order valence-electron chi connectivity index (χ4n) is 1.31. The van der Waals surface area contributed by atoms with Crippen LogP contribution in [-0.4, -0.2) is 9.55 Å². The van der Waals surface area contributed by atoms with Crippen molar-refractivity contribution in [3.63, 3.8) is 0 Å². The van der Waals surface area contributed by atoms with Crippen LogP contribution in [0, 0.1) is 0 Å². The monoisotopic (exact) mass is 292 g/mol. The molecule has 0 unspecified atom stereocenters. The van der Waals surface area contributed by atoms with Crippen molar-refractivity contribution in [1.29, 1.82) is 0 Å². The Morgan fingerprint density at radius 3 is 2.56 bits per heavy atom. The molecule has 0 bridgehead atoms. The van der Waals surface area contributed by atoms with E-state index in [-0.39, 0.29) is 5.02 Å². The van der Waals surface area contributed by atoms with E-state index in [1.165, 1.54) is 17.8 Å². The maximum atomic E-state index is 12.5. The Bertz CT molecular complexity index is 566. The average molecular weight is 293 g/mol. The number of hydrogen-bond donors (Lipinski definition) is 0. The molecule has 0 aliphatic carbocycles. The van der Waals surface area contributed by atoms with Gasteiger partial charge in [0.15, 0.2) is 5.16 Å². The highest BCUT2D eigenvalue weighted by molar-refractivity contribution is 7.99. The van der Waals surface area contributed by atoms with E-state index in [0.29, 0.717) is 10.1 Å². The number of imidazole rings is 1. The van der Waals surface area contributed by atoms with Gasteiger partial charge in [-0.2, -0.15) is 13.2 Å². The highest BCUT2D eigenvalue weighted by atomic mass is 35.5. The predicted octanol–water partition coefficient (Wildman–Crippen LogP) is 4.24. The maximum Gasteiger partial charge on any atom is 0.416 e. The van der Waals surface area contributed by atoms with Crippen molar-refractivity contribution in [3.8, 4) is 0 Å². The third-order valence-electron chi connectivity index (χ3n) is 2.24. The fourth-order valence-corrected chi connectivity index (χ4v) is 2.41. The van der Waals surface area contributed by atoms with Crippen LogP contribution in [-0.2, 0) is 13.2 Å². The number of nitrogens with zero attached hydrogens (tertiary/aromatic N) is 2. The van der Waals surface area contributed by atoms with Crippen LogP contribution in [0.1, 0.15) is 5.56 Å². The molecule has 0 atom stereocenters. The zero-order valence-electron chi connectivity index (χ0n) is 9.20. The van der Waals surface area contributed by atoms with Gasteiger partial charge >= 0.3 is 6.18 Å². The first-order valence-corrected chi connectivity index (χ1v) is 6.09. The van der Waals surface area contributed by atoms with Crippen LogP contribution in [0.2, 0.25) is 5.02 Å². The molecule has 0 saturated heterocycles. The van der Waals surface area contributed by atoms with Crippen LogP contribution in [0.4, 0.5) is 13.2 Å². The molecule has 96 valence electrons. The lowest BCUT2D eigenvalue weighted by molar-refractivity contribution is -0.137. The summed E-state index contributed by atoms with van der Waals surface area (Å²) in [6, 6.07) is 3.29. The van der Waals surface area contributed by atoms with E-state index >= 15 is 0 Å². The quantitative estimate of drug-likeness (QED) is 0.824. The van der Waals surface area contributed by atoms with E-state index in [9.17, 15) is 13.2 Å². The molecule has 0 saturated carbocycles. The largest absolute Gasteiger partial charge is 0.416 e. The minimum Gasteiger partial charge on any atom is -0.329 e. The highest BCUT2D eigenvalue weighted by Gasteiger charge is 2.30. The highest BCUT2D eigenvalue weighted by Crippen LogP contribution is 2.37. The second-order valence-electron chi connectivity index (χ2n) is 3.57. The Hall–Kier alpha value is -1.14. The van der Waals surface area contributed by atoms with E-state index in [1.54, 1.807) is 24.0 Å². The third-order valence-corrected chi connectivity index (χ3v) is 3.81. The van der Waals surface area contributed by atoms with E-state index in [0.717, 1.165) is 12.1 Å². The van der Waals surface area contributed by atoms with Crippen molar-refractivity contribution in [2.75, 3.05) is 0 Å². The Morgan fingerprint density at radius 2 is 2.06 bits per heavy atom. The van der Waals surface area contributed by atoms with Gasteiger partial charge in [-0.05, 0) is 18.2 Å². The lowest BCUT2D eigenvalue weighted by Gasteiger charge is -2.09. The molecular weight excluding hydrogens is 285 g/mol. The smallest absolute Gasteiger partial charge is 0.329 e. The normalized spacial score (nSPS) is 11.8. The second-order valence-corrected chi connectivity index (χ2v) is 4.98. The van der Waals surface area contributed by atoms with Crippen LogP contribution >= 0.6 is 23.4 Å². The molecule has 1 aromatic carbocycles. The van der Waals surface area contributed by atoms with Crippen LogP contribution in [0.3, 0.4) is 0 Å². The summed E-state index contributed by atoms with van der Waals surface area (Å²) in [6.45, 7) is 0. The fraction of sp³-hybridized carbons (Fsp3) is 0.182. The summed E-state index contributed by atoms with van der Waals surface area (Å²) in [5.74, 6) is 0. The molecule has 18 heavy (non-hydrogen) atoms. The van der Waals surface area contributed by atoms with Crippen molar-refractivity contribution in [1.82, 2.24) is 9.55 Å². The van der Waals surface area contributed by atoms with Gasteiger partial charge in [-0.3, -0.25) is 0 Å². The number of aryl methyl sites for hydroxylation is 1. The minimum absolute atomic E-state index is 0.0674. The number of hydrogen-bond acceptors (Lipinski definition) is 2. The molecule has 0 amide bonds. The van der Waals surface area contributed by atoms with Gasteiger partial charge in [0.05, 0.1) is 10.6 Å². The van der Waals surface area contributed by atoms with Crippen molar-refractivity contribution >= 4 is 23.4 Å². The summed E-state index contributed by atoms with van der Waals surface area (Å²) in [5.41, 5.74) is -0.753. The van der Waals surface area contributed by atoms with Crippen LogP contribution < -0.4 is 0 Å². The zero-order chi connectivity index (χ0) is 13.3. The molecule has 2 rings (SSSR count). The van der Waals surface area contributed by atoms with Gasteiger partial charge < -0.3 is 4.57 Å². The summed E-state index contributed by atoms with van der Waals surface area (Å²) < 4.78 is 39.1. The summed E-state index contributed by atoms with van der Waals surface area (Å²) in [6.07, 6.45) is -1.02. The molecule has 0 aliphatic heterocycles. The molecule has 0 radical (unpaired) electrons. The molecular formula is C11H8ClF3N2S. The summed E-state index contributed by atoms with van der Waals surface area (Å²) in [7, 11) is 1.80. The van der Waals surface area contributed by atoms with Crippen LogP contribution in [0.5, 0.6) is 0 Å². The first-order valence-electron chi connectivity index (χ1n) is 4.90. The molecule has 0 spiro atoms. The second kappa shape index (κ2) is 4.85. The lowest BCUT2D eigenvalue weighted by Crippen LogP contribution is -2.04. The molecule has 2 nitrogen and oxygen atoms in total. The van der Waals surface area contributed by atoms with Gasteiger partial charge in [0.1, 0.15) is 0 Å². The molecule has 1 aromatic heterocycles. The summed E-state index contributed by atoms with van der Waals surface area (Å²) in [4.78, 5) is 4.61. The molecule has 2 aromatic rings. The van der Waals surface area contributed by atoms with E-state index in [4.69, 9.17) is 11.6 Å². The van der Waals surface area contributed by atoms with E-state index in [2.05, 4.69) is 4.98 Å². The SMILES string of the molecule is Cn1ccnc1Sc1ccc(C(F)(F)F)cc1Cl. The first kappa shape index (κ1) is 13.3. The van der Waals surface area contributed by atoms with Gasteiger partial charge in [-0.15, -0.1) is 0 Å². The molecule has 0 N–H and O–H groups in total. The topological polar surface area (TPSA) is 17.8 Å². The first-order chi connectivity index (χ1) is 8.38. The van der Waals surface area contributed by atoms with Crippen molar-refractivity contribution in [2.24, 2.45) is 7.05 Å². The summed E-state index contributed by atoms with van der Waals surface area (Å²) in [5, 5.41) is 0.731. The van der Waals surface area contributed by atoms with Crippen LogP contribution in [0.25, 0.3) is 0 Å².